The SMILES string of the molecule is Cc1cnc(-c2ccc3c(c2)COc2nc(N(C)[C@@H]4C[C@H]5CC[C@@H](C4)N5)ccc2-3)o1. The lowest BCUT2D eigenvalue weighted by Crippen LogP contribution is -2.47. The number of hydrogen-bond acceptors (Lipinski definition) is 6. The molecule has 0 spiro atoms. The minimum Gasteiger partial charge on any atom is -0.472 e. The Kier molecular flexibility index (Phi) is 4.09. The van der Waals surface area contributed by atoms with Gasteiger partial charge in [-0.1, -0.05) is 6.07 Å². The van der Waals surface area contributed by atoms with Crippen LogP contribution in [0.2, 0.25) is 0 Å². The number of oxazole rings is 1. The second-order valence-corrected chi connectivity index (χ2v) is 8.83. The third kappa shape index (κ3) is 2.98. The predicted molar refractivity (Wildman–Crippen MR) is 116 cm³/mol. The Morgan fingerprint density at radius 3 is 2.63 bits per heavy atom. The molecular weight excluding hydrogens is 376 g/mol. The van der Waals surface area contributed by atoms with Crippen molar-refractivity contribution in [3.05, 3.63) is 47.9 Å². The summed E-state index contributed by atoms with van der Waals surface area (Å²) in [6.07, 6.45) is 6.75. The van der Waals surface area contributed by atoms with Gasteiger partial charge in [0.05, 0.1) is 6.20 Å². The quantitative estimate of drug-likeness (QED) is 0.704. The average molecular weight is 402 g/mol. The molecule has 6 nitrogen and oxygen atoms in total. The lowest BCUT2D eigenvalue weighted by atomic mass is 9.96. The standard InChI is InChI=1S/C24H26N4O2/c1-14-12-25-23(30-14)15-3-6-20-16(9-15)13-29-24-21(20)7-8-22(27-24)28(2)19-10-17-4-5-18(11-19)26-17/h3,6-9,12,17-19,26H,4-5,10-11,13H2,1-2H3/t17-,18+,19-. The summed E-state index contributed by atoms with van der Waals surface area (Å²) in [6.45, 7) is 2.41. The summed E-state index contributed by atoms with van der Waals surface area (Å²) < 4.78 is 11.8. The Morgan fingerprint density at radius 2 is 1.87 bits per heavy atom. The van der Waals surface area contributed by atoms with Gasteiger partial charge in [0.1, 0.15) is 18.2 Å². The van der Waals surface area contributed by atoms with Crippen molar-refractivity contribution in [3.8, 4) is 28.5 Å². The Bertz CT molecular complexity index is 1100. The molecule has 3 atom stereocenters. The van der Waals surface area contributed by atoms with Gasteiger partial charge in [-0.15, -0.1) is 0 Å². The molecule has 1 N–H and O–H groups in total. The van der Waals surface area contributed by atoms with Crippen LogP contribution in [0.4, 0.5) is 5.82 Å². The molecule has 6 heteroatoms. The Morgan fingerprint density at radius 1 is 1.07 bits per heavy atom. The van der Waals surface area contributed by atoms with E-state index >= 15 is 0 Å². The topological polar surface area (TPSA) is 63.4 Å². The zero-order valence-corrected chi connectivity index (χ0v) is 17.4. The number of benzene rings is 1. The number of pyridine rings is 1. The van der Waals surface area contributed by atoms with Crippen LogP contribution < -0.4 is 15.0 Å². The lowest BCUT2D eigenvalue weighted by molar-refractivity contribution is 0.289. The lowest BCUT2D eigenvalue weighted by Gasteiger charge is -2.36. The van der Waals surface area contributed by atoms with Crippen LogP contribution in [0.1, 0.15) is 37.0 Å². The molecule has 2 bridgehead atoms. The van der Waals surface area contributed by atoms with Crippen LogP contribution in [0.3, 0.4) is 0 Å². The zero-order valence-electron chi connectivity index (χ0n) is 17.4. The number of aryl methyl sites for hydroxylation is 1. The summed E-state index contributed by atoms with van der Waals surface area (Å²) in [5, 5.41) is 3.72. The van der Waals surface area contributed by atoms with Crippen molar-refractivity contribution in [2.24, 2.45) is 0 Å². The van der Waals surface area contributed by atoms with Crippen LogP contribution >= 0.6 is 0 Å². The van der Waals surface area contributed by atoms with Gasteiger partial charge in [-0.05, 0) is 68.0 Å². The van der Waals surface area contributed by atoms with Gasteiger partial charge in [-0.2, -0.15) is 4.98 Å². The average Bonchev–Trinajstić information content (AvgIpc) is 3.36. The number of rotatable bonds is 3. The van der Waals surface area contributed by atoms with E-state index in [-0.39, 0.29) is 0 Å². The first-order valence-corrected chi connectivity index (χ1v) is 10.8. The van der Waals surface area contributed by atoms with Gasteiger partial charge in [-0.3, -0.25) is 0 Å². The maximum Gasteiger partial charge on any atom is 0.226 e. The molecule has 0 aliphatic carbocycles. The van der Waals surface area contributed by atoms with E-state index in [1.807, 2.05) is 6.92 Å². The van der Waals surface area contributed by atoms with Crippen molar-refractivity contribution in [2.45, 2.75) is 57.3 Å². The first-order chi connectivity index (χ1) is 14.6. The molecule has 2 saturated heterocycles. The fraction of sp³-hybridized carbons (Fsp3) is 0.417. The third-order valence-corrected chi connectivity index (χ3v) is 6.83. The van der Waals surface area contributed by atoms with Crippen molar-refractivity contribution < 1.29 is 9.15 Å². The number of anilines is 1. The van der Waals surface area contributed by atoms with E-state index in [1.165, 1.54) is 31.2 Å². The minimum atomic E-state index is 0.507. The van der Waals surface area contributed by atoms with Gasteiger partial charge in [0.15, 0.2) is 0 Å². The fourth-order valence-electron chi connectivity index (χ4n) is 5.22. The number of aromatic nitrogens is 2. The van der Waals surface area contributed by atoms with Crippen LogP contribution in [0.25, 0.3) is 22.6 Å². The molecule has 0 amide bonds. The van der Waals surface area contributed by atoms with E-state index in [0.717, 1.165) is 34.1 Å². The number of nitrogens with zero attached hydrogens (tertiary/aromatic N) is 3. The number of fused-ring (bicyclic) bond motifs is 5. The second kappa shape index (κ2) is 6.84. The van der Waals surface area contributed by atoms with Gasteiger partial charge < -0.3 is 19.4 Å². The zero-order chi connectivity index (χ0) is 20.2. The van der Waals surface area contributed by atoms with E-state index in [4.69, 9.17) is 14.1 Å². The van der Waals surface area contributed by atoms with Gasteiger partial charge in [-0.25, -0.2) is 4.98 Å². The van der Waals surface area contributed by atoms with E-state index in [1.54, 1.807) is 6.20 Å². The van der Waals surface area contributed by atoms with E-state index in [9.17, 15) is 0 Å². The van der Waals surface area contributed by atoms with Crippen molar-refractivity contribution in [1.82, 2.24) is 15.3 Å². The highest BCUT2D eigenvalue weighted by atomic mass is 16.5. The maximum atomic E-state index is 6.08. The highest BCUT2D eigenvalue weighted by molar-refractivity contribution is 5.77. The molecule has 2 fully saturated rings. The molecule has 5 heterocycles. The normalized spacial score (nSPS) is 24.1. The summed E-state index contributed by atoms with van der Waals surface area (Å²) in [4.78, 5) is 11.6. The summed E-state index contributed by atoms with van der Waals surface area (Å²) in [5.74, 6) is 3.18. The molecule has 0 unspecified atom stereocenters. The molecule has 3 aromatic rings. The first kappa shape index (κ1) is 18.0. The summed E-state index contributed by atoms with van der Waals surface area (Å²) in [6, 6.07) is 12.4. The van der Waals surface area contributed by atoms with Crippen LogP contribution in [0, 0.1) is 6.92 Å². The van der Waals surface area contributed by atoms with Crippen molar-refractivity contribution in [2.75, 3.05) is 11.9 Å². The third-order valence-electron chi connectivity index (χ3n) is 6.83. The first-order valence-electron chi connectivity index (χ1n) is 10.8. The number of ether oxygens (including phenoxy) is 1. The van der Waals surface area contributed by atoms with Crippen molar-refractivity contribution in [1.29, 1.82) is 0 Å². The Balaban J connectivity index is 1.28. The van der Waals surface area contributed by atoms with Gasteiger partial charge >= 0.3 is 0 Å². The highest BCUT2D eigenvalue weighted by Gasteiger charge is 2.35. The molecule has 154 valence electrons. The number of nitrogens with one attached hydrogen (secondary N) is 1. The molecule has 0 saturated carbocycles. The number of hydrogen-bond donors (Lipinski definition) is 1. The summed E-state index contributed by atoms with van der Waals surface area (Å²) in [7, 11) is 2.17. The van der Waals surface area contributed by atoms with Gasteiger partial charge in [0.25, 0.3) is 0 Å². The van der Waals surface area contributed by atoms with Crippen LogP contribution in [-0.4, -0.2) is 35.1 Å². The fourth-order valence-corrected chi connectivity index (χ4v) is 5.22. The molecular formula is C24H26N4O2. The van der Waals surface area contributed by atoms with Gasteiger partial charge in [0, 0.05) is 36.3 Å². The van der Waals surface area contributed by atoms with Crippen LogP contribution in [0.15, 0.2) is 40.9 Å². The Labute approximate surface area is 176 Å². The molecule has 30 heavy (non-hydrogen) atoms. The molecule has 0 radical (unpaired) electrons. The molecule has 6 rings (SSSR count). The second-order valence-electron chi connectivity index (χ2n) is 8.83. The van der Waals surface area contributed by atoms with E-state index in [2.05, 4.69) is 52.6 Å². The monoisotopic (exact) mass is 402 g/mol. The highest BCUT2D eigenvalue weighted by Crippen LogP contribution is 2.40. The number of piperidine rings is 1. The smallest absolute Gasteiger partial charge is 0.226 e. The molecule has 2 aromatic heterocycles. The molecule has 1 aromatic carbocycles. The predicted octanol–water partition coefficient (Wildman–Crippen LogP) is 4.32. The van der Waals surface area contributed by atoms with Crippen molar-refractivity contribution in [3.63, 3.8) is 0 Å². The van der Waals surface area contributed by atoms with Crippen molar-refractivity contribution >= 4 is 5.82 Å². The largest absolute Gasteiger partial charge is 0.472 e. The van der Waals surface area contributed by atoms with Crippen LogP contribution in [-0.2, 0) is 6.61 Å². The van der Waals surface area contributed by atoms with E-state index in [0.29, 0.717) is 30.6 Å². The maximum absolute atomic E-state index is 6.08. The van der Waals surface area contributed by atoms with Gasteiger partial charge in [0.2, 0.25) is 11.8 Å². The molecule has 3 aliphatic rings. The van der Waals surface area contributed by atoms with E-state index < -0.39 is 0 Å². The summed E-state index contributed by atoms with van der Waals surface area (Å²) >= 11 is 0. The summed E-state index contributed by atoms with van der Waals surface area (Å²) in [5.41, 5.74) is 4.33. The molecule has 3 aliphatic heterocycles. The van der Waals surface area contributed by atoms with Crippen LogP contribution in [0.5, 0.6) is 5.88 Å². The Hall–Kier alpha value is -2.86. The minimum absolute atomic E-state index is 0.507.